The number of nitrogens with zero attached hydrogens (tertiary/aromatic N) is 5. The van der Waals surface area contributed by atoms with Crippen molar-refractivity contribution in [1.29, 1.82) is 0 Å². The zero-order chi connectivity index (χ0) is 40.9. The van der Waals surface area contributed by atoms with Crippen molar-refractivity contribution >= 4 is 54.6 Å². The highest BCUT2D eigenvalue weighted by Crippen LogP contribution is 2.19. The average Bonchev–Trinajstić information content (AvgIpc) is 3.61. The van der Waals surface area contributed by atoms with E-state index in [-0.39, 0.29) is 26.2 Å². The molecule has 0 radical (unpaired) electrons. The van der Waals surface area contributed by atoms with Crippen LogP contribution in [0, 0.1) is 5.92 Å². The Morgan fingerprint density at radius 1 is 0.696 bits per heavy atom. The molecular formula is C33H54BN9O13. The highest BCUT2D eigenvalue weighted by molar-refractivity contribution is 6.43. The number of rotatable bonds is 12. The summed E-state index contributed by atoms with van der Waals surface area (Å²) in [5, 5.41) is 29.3. The number of carbonyl (C=O) groups is 8. The summed E-state index contributed by atoms with van der Waals surface area (Å²) in [7, 11) is -1.70. The first kappa shape index (κ1) is 44.3. The van der Waals surface area contributed by atoms with Crippen LogP contribution < -0.4 is 21.3 Å². The third kappa shape index (κ3) is 14.0. The fourth-order valence-electron chi connectivity index (χ4n) is 6.69. The van der Waals surface area contributed by atoms with Crippen molar-refractivity contribution in [3.63, 3.8) is 0 Å². The van der Waals surface area contributed by atoms with Crippen molar-refractivity contribution in [3.8, 4) is 0 Å². The van der Waals surface area contributed by atoms with Crippen LogP contribution in [-0.4, -0.2) is 212 Å². The zero-order valence-corrected chi connectivity index (χ0v) is 32.1. The van der Waals surface area contributed by atoms with E-state index in [0.29, 0.717) is 71.7 Å². The summed E-state index contributed by atoms with van der Waals surface area (Å²) in [6, 6.07) is -2.05. The second-order valence-corrected chi connectivity index (χ2v) is 14.6. The molecule has 4 bridgehead atoms. The molecule has 56 heavy (non-hydrogen) atoms. The quantitative estimate of drug-likeness (QED) is 0.0793. The van der Waals surface area contributed by atoms with Crippen LogP contribution in [0.1, 0.15) is 33.6 Å². The third-order valence-corrected chi connectivity index (χ3v) is 9.85. The highest BCUT2D eigenvalue weighted by atomic mass is 16.9. The Balaban J connectivity index is 1.25. The van der Waals surface area contributed by atoms with Crippen LogP contribution in [0.5, 0.6) is 0 Å². The monoisotopic (exact) mass is 795 g/mol. The molecule has 4 aliphatic rings. The standard InChI is InChI=1S/C33H54BN9O13/c1-21(2)30(31(50)37-22(3)32(51)43-6-4-5-23(43)34(52)53)38-25(45)16-35-24(44)15-36-26(46)17-39-7-9-40-11-13-42-14-12-41(10-8-39)19-28(48)55-33(54-27(47)18-40)56-29(49)20-42/h21-23,30,33,52-53H,4-20H2,1-3H3,(H,35,44)(H,36,46)(H,37,50)(H,38,45)/t22-,23+,30+/m1/s1. The zero-order valence-electron chi connectivity index (χ0n) is 32.1. The molecule has 4 fully saturated rings. The number of amides is 5. The summed E-state index contributed by atoms with van der Waals surface area (Å²) in [6.45, 7) is 4.89. The first-order valence-corrected chi connectivity index (χ1v) is 18.9. The molecule has 2 unspecified atom stereocenters. The van der Waals surface area contributed by atoms with Gasteiger partial charge in [0.05, 0.1) is 45.2 Å². The molecule has 5 atom stereocenters. The second-order valence-electron chi connectivity index (χ2n) is 14.6. The maximum atomic E-state index is 13.1. The fraction of sp³-hybridized carbons (Fsp3) is 0.758. The van der Waals surface area contributed by atoms with E-state index in [2.05, 4.69) is 21.3 Å². The lowest BCUT2D eigenvalue weighted by Crippen LogP contribution is -2.57. The number of hydrogen-bond acceptors (Lipinski definition) is 17. The number of likely N-dealkylation sites (tertiary alicyclic amines) is 1. The minimum atomic E-state index is -1.80. The van der Waals surface area contributed by atoms with Gasteiger partial charge in [0.2, 0.25) is 29.5 Å². The van der Waals surface area contributed by atoms with Crippen molar-refractivity contribution in [1.82, 2.24) is 45.8 Å². The SMILES string of the molecule is CC(C)[C@H](NC(=O)CNC(=O)CNC(=O)CN1CCN2CCN3CCN(CC1)CC(=O)OC(OC(=O)C2)OC(=O)C3)C(=O)N[C@H](C)C(=O)N1CCC[C@H]1B(O)O. The first-order valence-electron chi connectivity index (χ1n) is 18.9. The minimum Gasteiger partial charge on any atom is -0.426 e. The van der Waals surface area contributed by atoms with Crippen LogP contribution in [0.3, 0.4) is 0 Å². The lowest BCUT2D eigenvalue weighted by atomic mass is 9.78. The number of hydrogen-bond donors (Lipinski definition) is 6. The summed E-state index contributed by atoms with van der Waals surface area (Å²) in [5.41, 5.74) is 0. The molecule has 0 aromatic carbocycles. The predicted octanol–water partition coefficient (Wildman–Crippen LogP) is -5.97. The van der Waals surface area contributed by atoms with Gasteiger partial charge >= 0.3 is 31.5 Å². The Hall–Kier alpha value is -4.42. The smallest absolute Gasteiger partial charge is 0.426 e. The summed E-state index contributed by atoms with van der Waals surface area (Å²) in [5.74, 6) is -6.32. The van der Waals surface area contributed by atoms with Crippen molar-refractivity contribution in [2.45, 2.75) is 58.1 Å². The lowest BCUT2D eigenvalue weighted by Gasteiger charge is -2.33. The molecular weight excluding hydrogens is 741 g/mol. The number of ether oxygens (including phenoxy) is 3. The van der Waals surface area contributed by atoms with Crippen molar-refractivity contribution < 1.29 is 62.6 Å². The van der Waals surface area contributed by atoms with Gasteiger partial charge < -0.3 is 50.4 Å². The van der Waals surface area contributed by atoms with E-state index in [0.717, 1.165) is 0 Å². The van der Waals surface area contributed by atoms with E-state index in [4.69, 9.17) is 14.2 Å². The Morgan fingerprint density at radius 3 is 1.68 bits per heavy atom. The van der Waals surface area contributed by atoms with Gasteiger partial charge in [-0.05, 0) is 25.7 Å². The minimum absolute atomic E-state index is 0.0872. The van der Waals surface area contributed by atoms with Gasteiger partial charge in [-0.25, -0.2) is 0 Å². The molecule has 312 valence electrons. The third-order valence-electron chi connectivity index (χ3n) is 9.85. The number of carbonyl (C=O) groups excluding carboxylic acids is 8. The van der Waals surface area contributed by atoms with Crippen molar-refractivity contribution in [2.24, 2.45) is 5.92 Å². The fourth-order valence-corrected chi connectivity index (χ4v) is 6.69. The summed E-state index contributed by atoms with van der Waals surface area (Å²) in [6.07, 6.45) is 1.01. The number of fused-ring (bicyclic) bond motifs is 7. The molecule has 4 rings (SSSR count). The molecule has 0 saturated carbocycles. The highest BCUT2D eigenvalue weighted by Gasteiger charge is 2.39. The van der Waals surface area contributed by atoms with E-state index in [1.807, 2.05) is 9.80 Å². The summed E-state index contributed by atoms with van der Waals surface area (Å²) < 4.78 is 15.5. The molecule has 4 aliphatic heterocycles. The van der Waals surface area contributed by atoms with Gasteiger partial charge in [0.1, 0.15) is 12.1 Å². The predicted molar refractivity (Wildman–Crippen MR) is 193 cm³/mol. The van der Waals surface area contributed by atoms with Crippen LogP contribution in [0.15, 0.2) is 0 Å². The molecule has 0 aromatic heterocycles. The molecule has 22 nitrogen and oxygen atoms in total. The molecule has 4 heterocycles. The van der Waals surface area contributed by atoms with E-state index >= 15 is 0 Å². The van der Waals surface area contributed by atoms with Crippen molar-refractivity contribution in [3.05, 3.63) is 0 Å². The largest absolute Gasteiger partial charge is 0.475 e. The molecule has 5 amide bonds. The number of nitrogens with one attached hydrogen (secondary N) is 4. The molecule has 0 spiro atoms. The van der Waals surface area contributed by atoms with Gasteiger partial charge in [-0.1, -0.05) is 13.8 Å². The van der Waals surface area contributed by atoms with Crippen LogP contribution in [0.2, 0.25) is 0 Å². The van der Waals surface area contributed by atoms with Gasteiger partial charge in [0.15, 0.2) is 0 Å². The van der Waals surface area contributed by atoms with E-state index in [1.54, 1.807) is 23.6 Å². The van der Waals surface area contributed by atoms with E-state index < -0.39 is 98.1 Å². The van der Waals surface area contributed by atoms with Crippen LogP contribution >= 0.6 is 0 Å². The maximum Gasteiger partial charge on any atom is 0.475 e. The van der Waals surface area contributed by atoms with Crippen molar-refractivity contribution in [2.75, 3.05) is 98.2 Å². The van der Waals surface area contributed by atoms with Crippen LogP contribution in [0.25, 0.3) is 0 Å². The maximum absolute atomic E-state index is 13.1. The van der Waals surface area contributed by atoms with Gasteiger partial charge in [0, 0.05) is 58.9 Å². The van der Waals surface area contributed by atoms with E-state index in [9.17, 15) is 48.4 Å². The Morgan fingerprint density at radius 2 is 1.18 bits per heavy atom. The van der Waals surface area contributed by atoms with Gasteiger partial charge in [-0.15, -0.1) is 0 Å². The van der Waals surface area contributed by atoms with Gasteiger partial charge in [-0.3, -0.25) is 58.0 Å². The summed E-state index contributed by atoms with van der Waals surface area (Å²) in [4.78, 5) is 111. The van der Waals surface area contributed by atoms with Crippen LogP contribution in [0.4, 0.5) is 0 Å². The topological polar surface area (TPSA) is 269 Å². The average molecular weight is 796 g/mol. The molecule has 0 aliphatic carbocycles. The molecule has 4 saturated heterocycles. The summed E-state index contributed by atoms with van der Waals surface area (Å²) >= 11 is 0. The normalized spacial score (nSPS) is 26.1. The Labute approximate surface area is 325 Å². The van der Waals surface area contributed by atoms with Crippen LogP contribution in [-0.2, 0) is 52.6 Å². The van der Waals surface area contributed by atoms with Gasteiger partial charge in [-0.2, -0.15) is 0 Å². The number of esters is 3. The molecule has 23 heteroatoms. The van der Waals surface area contributed by atoms with E-state index in [1.165, 1.54) is 11.8 Å². The molecule has 0 aromatic rings. The Kier molecular flexibility index (Phi) is 16.8. The lowest BCUT2D eigenvalue weighted by molar-refractivity contribution is -0.258. The second kappa shape index (κ2) is 21.2. The first-order chi connectivity index (χ1) is 26.6. The Bertz CT molecular complexity index is 1420. The van der Waals surface area contributed by atoms with Gasteiger partial charge in [0.25, 0.3) is 0 Å². The molecule has 6 N–H and O–H groups in total.